The standard InChI is InChI=1S/C12H18O2/c13-9-5-4-8-12(10-14)11-6-2-1-3-7-11/h1-3,6-7,12-14H,4-5,8-10H2. The number of rotatable bonds is 6. The molecular weight excluding hydrogens is 176 g/mol. The summed E-state index contributed by atoms with van der Waals surface area (Å²) in [6.07, 6.45) is 2.74. The van der Waals surface area contributed by atoms with Gasteiger partial charge in [-0.25, -0.2) is 0 Å². The Morgan fingerprint density at radius 1 is 1.00 bits per heavy atom. The third-order valence-electron chi connectivity index (χ3n) is 2.45. The lowest BCUT2D eigenvalue weighted by molar-refractivity contribution is 0.246. The van der Waals surface area contributed by atoms with Crippen LogP contribution in [0.15, 0.2) is 30.3 Å². The van der Waals surface area contributed by atoms with E-state index in [-0.39, 0.29) is 19.1 Å². The second-order valence-corrected chi connectivity index (χ2v) is 3.51. The minimum atomic E-state index is 0.190. The third kappa shape index (κ3) is 3.48. The van der Waals surface area contributed by atoms with Gasteiger partial charge in [-0.15, -0.1) is 0 Å². The molecule has 0 saturated heterocycles. The SMILES string of the molecule is OCCCCC(CO)c1ccccc1. The quantitative estimate of drug-likeness (QED) is 0.679. The van der Waals surface area contributed by atoms with Crippen LogP contribution >= 0.6 is 0 Å². The molecule has 1 unspecified atom stereocenters. The molecule has 0 bridgehead atoms. The van der Waals surface area contributed by atoms with Crippen LogP contribution in [-0.4, -0.2) is 23.4 Å². The highest BCUT2D eigenvalue weighted by Gasteiger charge is 2.08. The van der Waals surface area contributed by atoms with Gasteiger partial charge in [0.2, 0.25) is 0 Å². The summed E-state index contributed by atoms with van der Waals surface area (Å²) in [5.74, 6) is 0.225. The van der Waals surface area contributed by atoms with Gasteiger partial charge in [-0.1, -0.05) is 36.8 Å². The first kappa shape index (κ1) is 11.2. The molecule has 2 nitrogen and oxygen atoms in total. The highest BCUT2D eigenvalue weighted by molar-refractivity contribution is 5.19. The molecule has 0 spiro atoms. The summed E-state index contributed by atoms with van der Waals surface area (Å²) in [7, 11) is 0. The smallest absolute Gasteiger partial charge is 0.0499 e. The second-order valence-electron chi connectivity index (χ2n) is 3.51. The van der Waals surface area contributed by atoms with Gasteiger partial charge in [-0.3, -0.25) is 0 Å². The Hall–Kier alpha value is -0.860. The molecule has 0 fully saturated rings. The lowest BCUT2D eigenvalue weighted by Gasteiger charge is -2.13. The van der Waals surface area contributed by atoms with Crippen molar-refractivity contribution in [2.45, 2.75) is 25.2 Å². The first-order chi connectivity index (χ1) is 6.88. The molecule has 1 rings (SSSR count). The van der Waals surface area contributed by atoms with Gasteiger partial charge < -0.3 is 10.2 Å². The maximum absolute atomic E-state index is 9.22. The zero-order chi connectivity index (χ0) is 10.2. The predicted molar refractivity (Wildman–Crippen MR) is 57.2 cm³/mol. The van der Waals surface area contributed by atoms with Crippen LogP contribution in [0.5, 0.6) is 0 Å². The van der Waals surface area contributed by atoms with Crippen LogP contribution in [0, 0.1) is 0 Å². The Labute approximate surface area is 85.2 Å². The average molecular weight is 194 g/mol. The molecule has 0 radical (unpaired) electrons. The van der Waals surface area contributed by atoms with Gasteiger partial charge in [0.05, 0.1) is 0 Å². The number of benzene rings is 1. The van der Waals surface area contributed by atoms with Crippen molar-refractivity contribution in [2.24, 2.45) is 0 Å². The molecular formula is C12H18O2. The topological polar surface area (TPSA) is 40.5 Å². The van der Waals surface area contributed by atoms with E-state index in [4.69, 9.17) is 5.11 Å². The van der Waals surface area contributed by atoms with Crippen LogP contribution < -0.4 is 0 Å². The summed E-state index contributed by atoms with van der Waals surface area (Å²) in [4.78, 5) is 0. The van der Waals surface area contributed by atoms with E-state index in [1.54, 1.807) is 0 Å². The largest absolute Gasteiger partial charge is 0.396 e. The molecule has 1 aromatic carbocycles. The van der Waals surface area contributed by atoms with Crippen molar-refractivity contribution in [1.29, 1.82) is 0 Å². The molecule has 1 aromatic rings. The summed E-state index contributed by atoms with van der Waals surface area (Å²) < 4.78 is 0. The molecule has 14 heavy (non-hydrogen) atoms. The fourth-order valence-electron chi connectivity index (χ4n) is 1.59. The van der Waals surface area contributed by atoms with Crippen LogP contribution in [0.2, 0.25) is 0 Å². The van der Waals surface area contributed by atoms with Crippen molar-refractivity contribution in [2.75, 3.05) is 13.2 Å². The van der Waals surface area contributed by atoms with Crippen molar-refractivity contribution in [1.82, 2.24) is 0 Å². The van der Waals surface area contributed by atoms with E-state index < -0.39 is 0 Å². The van der Waals surface area contributed by atoms with Crippen molar-refractivity contribution >= 4 is 0 Å². The summed E-state index contributed by atoms with van der Waals surface area (Å²) in [6, 6.07) is 10.0. The van der Waals surface area contributed by atoms with Crippen LogP contribution in [0.25, 0.3) is 0 Å². The van der Waals surface area contributed by atoms with Crippen molar-refractivity contribution < 1.29 is 10.2 Å². The van der Waals surface area contributed by atoms with Gasteiger partial charge in [0, 0.05) is 19.1 Å². The monoisotopic (exact) mass is 194 g/mol. The maximum Gasteiger partial charge on any atom is 0.0499 e. The van der Waals surface area contributed by atoms with Gasteiger partial charge in [-0.2, -0.15) is 0 Å². The lowest BCUT2D eigenvalue weighted by atomic mass is 9.94. The first-order valence-corrected chi connectivity index (χ1v) is 5.15. The normalized spacial score (nSPS) is 12.7. The van der Waals surface area contributed by atoms with Crippen LogP contribution in [0.1, 0.15) is 30.7 Å². The summed E-state index contributed by atoms with van der Waals surface area (Å²) in [6.45, 7) is 0.433. The van der Waals surface area contributed by atoms with Crippen molar-refractivity contribution in [3.05, 3.63) is 35.9 Å². The molecule has 2 N–H and O–H groups in total. The van der Waals surface area contributed by atoms with Crippen molar-refractivity contribution in [3.8, 4) is 0 Å². The first-order valence-electron chi connectivity index (χ1n) is 5.15. The molecule has 0 heterocycles. The van der Waals surface area contributed by atoms with E-state index in [0.29, 0.717) is 0 Å². The van der Waals surface area contributed by atoms with E-state index in [1.807, 2.05) is 30.3 Å². The van der Waals surface area contributed by atoms with Gasteiger partial charge in [0.15, 0.2) is 0 Å². The Bertz CT molecular complexity index is 233. The van der Waals surface area contributed by atoms with Crippen LogP contribution in [-0.2, 0) is 0 Å². The highest BCUT2D eigenvalue weighted by Crippen LogP contribution is 2.20. The predicted octanol–water partition coefficient (Wildman–Crippen LogP) is 1.93. The Kier molecular flexibility index (Phi) is 5.27. The second kappa shape index (κ2) is 6.57. The van der Waals surface area contributed by atoms with E-state index >= 15 is 0 Å². The molecule has 2 heteroatoms. The molecule has 0 aromatic heterocycles. The highest BCUT2D eigenvalue weighted by atomic mass is 16.3. The average Bonchev–Trinajstić information content (AvgIpc) is 2.26. The number of aliphatic hydroxyl groups is 2. The zero-order valence-corrected chi connectivity index (χ0v) is 8.39. The molecule has 0 aliphatic rings. The Balaban J connectivity index is 2.46. The number of aliphatic hydroxyl groups excluding tert-OH is 2. The van der Waals surface area contributed by atoms with Crippen LogP contribution in [0.4, 0.5) is 0 Å². The summed E-state index contributed by atoms with van der Waals surface area (Å²) in [5.41, 5.74) is 1.19. The maximum atomic E-state index is 9.22. The summed E-state index contributed by atoms with van der Waals surface area (Å²) in [5, 5.41) is 17.9. The minimum Gasteiger partial charge on any atom is -0.396 e. The Morgan fingerprint density at radius 3 is 2.29 bits per heavy atom. The van der Waals surface area contributed by atoms with E-state index in [9.17, 15) is 5.11 Å². The number of unbranched alkanes of at least 4 members (excludes halogenated alkanes) is 1. The zero-order valence-electron chi connectivity index (χ0n) is 8.39. The number of hydrogen-bond donors (Lipinski definition) is 2. The molecule has 0 amide bonds. The molecule has 0 aliphatic heterocycles. The molecule has 78 valence electrons. The molecule has 0 saturated carbocycles. The van der Waals surface area contributed by atoms with E-state index in [2.05, 4.69) is 0 Å². The lowest BCUT2D eigenvalue weighted by Crippen LogP contribution is -2.04. The van der Waals surface area contributed by atoms with Gasteiger partial charge >= 0.3 is 0 Å². The van der Waals surface area contributed by atoms with Gasteiger partial charge in [0.25, 0.3) is 0 Å². The van der Waals surface area contributed by atoms with Crippen molar-refractivity contribution in [3.63, 3.8) is 0 Å². The molecule has 1 atom stereocenters. The summed E-state index contributed by atoms with van der Waals surface area (Å²) >= 11 is 0. The molecule has 0 aliphatic carbocycles. The number of hydrogen-bond acceptors (Lipinski definition) is 2. The fourth-order valence-corrected chi connectivity index (χ4v) is 1.59. The minimum absolute atomic E-state index is 0.190. The van der Waals surface area contributed by atoms with Gasteiger partial charge in [0.1, 0.15) is 0 Å². The van der Waals surface area contributed by atoms with E-state index in [0.717, 1.165) is 19.3 Å². The van der Waals surface area contributed by atoms with Crippen LogP contribution in [0.3, 0.4) is 0 Å². The third-order valence-corrected chi connectivity index (χ3v) is 2.45. The van der Waals surface area contributed by atoms with Gasteiger partial charge in [-0.05, 0) is 18.4 Å². The Morgan fingerprint density at radius 2 is 1.71 bits per heavy atom. The van der Waals surface area contributed by atoms with E-state index in [1.165, 1.54) is 5.56 Å². The fraction of sp³-hybridized carbons (Fsp3) is 0.500.